The minimum atomic E-state index is -0.337. The summed E-state index contributed by atoms with van der Waals surface area (Å²) in [6.45, 7) is 3.75. The molecule has 0 aliphatic carbocycles. The van der Waals surface area contributed by atoms with E-state index in [0.717, 1.165) is 10.0 Å². The number of hydrogen-bond acceptors (Lipinski definition) is 3. The first-order valence-electron chi connectivity index (χ1n) is 6.83. The van der Waals surface area contributed by atoms with Crippen molar-refractivity contribution in [2.75, 3.05) is 13.6 Å². The Bertz CT molecular complexity index is 490. The zero-order chi connectivity index (χ0) is 16.0. The minimum absolute atomic E-state index is 0.0274. The molecule has 3 N–H and O–H groups in total. The maximum absolute atomic E-state index is 12.3. The van der Waals surface area contributed by atoms with Gasteiger partial charge in [-0.15, -0.1) is 0 Å². The summed E-state index contributed by atoms with van der Waals surface area (Å²) < 4.78 is 0.952. The maximum Gasteiger partial charge on any atom is 0.225 e. The van der Waals surface area contributed by atoms with Crippen molar-refractivity contribution in [1.82, 2.24) is 10.2 Å². The molecule has 5 nitrogen and oxygen atoms in total. The number of amides is 2. The van der Waals surface area contributed by atoms with E-state index in [4.69, 9.17) is 5.73 Å². The fourth-order valence-electron chi connectivity index (χ4n) is 1.92. The SMILES string of the molecule is CC(=O)NC(CC(=O)N(C)C(C)CN)c1ccc(Br)cc1. The summed E-state index contributed by atoms with van der Waals surface area (Å²) in [5.41, 5.74) is 6.48. The standard InChI is InChI=1S/C15H22BrN3O2/c1-10(9-17)19(3)15(21)8-14(18-11(2)20)12-4-6-13(16)7-5-12/h4-7,10,14H,8-9,17H2,1-3H3,(H,18,20). The Morgan fingerprint density at radius 1 is 1.33 bits per heavy atom. The molecular weight excluding hydrogens is 334 g/mol. The molecule has 0 radical (unpaired) electrons. The number of nitrogens with two attached hydrogens (primary N) is 1. The number of benzene rings is 1. The van der Waals surface area contributed by atoms with Crippen molar-refractivity contribution in [3.8, 4) is 0 Å². The van der Waals surface area contributed by atoms with Gasteiger partial charge in [0.1, 0.15) is 0 Å². The largest absolute Gasteiger partial charge is 0.349 e. The van der Waals surface area contributed by atoms with Crippen LogP contribution in [0.25, 0.3) is 0 Å². The van der Waals surface area contributed by atoms with E-state index in [0.29, 0.717) is 6.54 Å². The van der Waals surface area contributed by atoms with Crippen molar-refractivity contribution in [1.29, 1.82) is 0 Å². The molecule has 0 fully saturated rings. The van der Waals surface area contributed by atoms with Crippen molar-refractivity contribution in [2.45, 2.75) is 32.4 Å². The van der Waals surface area contributed by atoms with E-state index in [1.165, 1.54) is 6.92 Å². The molecule has 0 bridgehead atoms. The molecule has 1 aromatic carbocycles. The molecule has 2 amide bonds. The fraction of sp³-hybridized carbons (Fsp3) is 0.467. The average Bonchev–Trinajstić information content (AvgIpc) is 2.45. The van der Waals surface area contributed by atoms with Gasteiger partial charge in [-0.3, -0.25) is 9.59 Å². The van der Waals surface area contributed by atoms with Gasteiger partial charge in [0.2, 0.25) is 11.8 Å². The first kappa shape index (κ1) is 17.7. The third kappa shape index (κ3) is 5.47. The molecule has 0 aliphatic rings. The molecule has 6 heteroatoms. The molecule has 0 spiro atoms. The number of likely N-dealkylation sites (N-methyl/N-ethyl adjacent to an activating group) is 1. The van der Waals surface area contributed by atoms with Crippen molar-refractivity contribution < 1.29 is 9.59 Å². The lowest BCUT2D eigenvalue weighted by atomic mass is 10.0. The highest BCUT2D eigenvalue weighted by atomic mass is 79.9. The molecule has 0 heterocycles. The second kappa shape index (κ2) is 8.14. The van der Waals surface area contributed by atoms with Gasteiger partial charge in [-0.2, -0.15) is 0 Å². The van der Waals surface area contributed by atoms with E-state index >= 15 is 0 Å². The van der Waals surface area contributed by atoms with Crippen LogP contribution in [0, 0.1) is 0 Å². The molecule has 0 aliphatic heterocycles. The zero-order valence-electron chi connectivity index (χ0n) is 12.6. The second-order valence-electron chi connectivity index (χ2n) is 5.10. The van der Waals surface area contributed by atoms with E-state index in [2.05, 4.69) is 21.2 Å². The van der Waals surface area contributed by atoms with Gasteiger partial charge in [-0.05, 0) is 24.6 Å². The molecule has 116 valence electrons. The molecule has 2 unspecified atom stereocenters. The summed E-state index contributed by atoms with van der Waals surface area (Å²) in [5.74, 6) is -0.208. The van der Waals surface area contributed by atoms with Crippen LogP contribution in [0.3, 0.4) is 0 Å². The number of nitrogens with zero attached hydrogens (tertiary/aromatic N) is 1. The number of rotatable bonds is 6. The second-order valence-corrected chi connectivity index (χ2v) is 6.01. The van der Waals surface area contributed by atoms with Gasteiger partial charge in [0.05, 0.1) is 12.5 Å². The molecular formula is C15H22BrN3O2. The molecule has 2 atom stereocenters. The summed E-state index contributed by atoms with van der Waals surface area (Å²) in [6, 6.07) is 7.20. The molecule has 0 saturated heterocycles. The van der Waals surface area contributed by atoms with Crippen LogP contribution in [0.15, 0.2) is 28.7 Å². The monoisotopic (exact) mass is 355 g/mol. The Labute approximate surface area is 134 Å². The molecule has 21 heavy (non-hydrogen) atoms. The molecule has 1 rings (SSSR count). The lowest BCUT2D eigenvalue weighted by Gasteiger charge is -2.26. The lowest BCUT2D eigenvalue weighted by molar-refractivity contribution is -0.132. The van der Waals surface area contributed by atoms with Crippen molar-refractivity contribution in [3.05, 3.63) is 34.3 Å². The predicted molar refractivity (Wildman–Crippen MR) is 86.6 cm³/mol. The Balaban J connectivity index is 2.86. The summed E-state index contributed by atoms with van der Waals surface area (Å²) in [6.07, 6.45) is 0.210. The van der Waals surface area contributed by atoms with E-state index < -0.39 is 0 Å². The first-order chi connectivity index (χ1) is 9.85. The Hall–Kier alpha value is -1.40. The minimum Gasteiger partial charge on any atom is -0.349 e. The summed E-state index contributed by atoms with van der Waals surface area (Å²) in [7, 11) is 1.73. The van der Waals surface area contributed by atoms with Crippen molar-refractivity contribution >= 4 is 27.7 Å². The smallest absolute Gasteiger partial charge is 0.225 e. The number of hydrogen-bond donors (Lipinski definition) is 2. The summed E-state index contributed by atoms with van der Waals surface area (Å²) in [5, 5.41) is 2.83. The lowest BCUT2D eigenvalue weighted by Crippen LogP contribution is -2.41. The van der Waals surface area contributed by atoms with Crippen LogP contribution in [0.2, 0.25) is 0 Å². The third-order valence-corrected chi connectivity index (χ3v) is 3.95. The van der Waals surface area contributed by atoms with E-state index in [-0.39, 0.29) is 30.3 Å². The van der Waals surface area contributed by atoms with Crippen LogP contribution in [0.5, 0.6) is 0 Å². The van der Waals surface area contributed by atoms with Gasteiger partial charge in [0.15, 0.2) is 0 Å². The third-order valence-electron chi connectivity index (χ3n) is 3.42. The van der Waals surface area contributed by atoms with Crippen molar-refractivity contribution in [3.63, 3.8) is 0 Å². The predicted octanol–water partition coefficient (Wildman–Crippen LogP) is 1.82. The number of carbonyl (C=O) groups is 2. The van der Waals surface area contributed by atoms with Crippen LogP contribution in [-0.2, 0) is 9.59 Å². The normalized spacial score (nSPS) is 13.4. The highest BCUT2D eigenvalue weighted by Gasteiger charge is 2.21. The van der Waals surface area contributed by atoms with Crippen LogP contribution >= 0.6 is 15.9 Å². The molecule has 0 saturated carbocycles. The Kier molecular flexibility index (Phi) is 6.84. The van der Waals surface area contributed by atoms with Gasteiger partial charge in [-0.1, -0.05) is 28.1 Å². The van der Waals surface area contributed by atoms with Gasteiger partial charge in [0, 0.05) is 31.0 Å². The summed E-state index contributed by atoms with van der Waals surface area (Å²) in [4.78, 5) is 25.3. The maximum atomic E-state index is 12.3. The van der Waals surface area contributed by atoms with E-state index in [9.17, 15) is 9.59 Å². The van der Waals surface area contributed by atoms with Crippen LogP contribution in [0.4, 0.5) is 0 Å². The molecule has 1 aromatic rings. The molecule has 0 aromatic heterocycles. The number of nitrogens with one attached hydrogen (secondary N) is 1. The summed E-state index contributed by atoms with van der Waals surface area (Å²) >= 11 is 3.37. The fourth-order valence-corrected chi connectivity index (χ4v) is 2.18. The quantitative estimate of drug-likeness (QED) is 0.817. The number of carbonyl (C=O) groups excluding carboxylic acids is 2. The van der Waals surface area contributed by atoms with Gasteiger partial charge < -0.3 is 16.0 Å². The van der Waals surface area contributed by atoms with Gasteiger partial charge in [0.25, 0.3) is 0 Å². The highest BCUT2D eigenvalue weighted by molar-refractivity contribution is 9.10. The van der Waals surface area contributed by atoms with Crippen molar-refractivity contribution in [2.24, 2.45) is 5.73 Å². The topological polar surface area (TPSA) is 75.4 Å². The van der Waals surface area contributed by atoms with Gasteiger partial charge in [-0.25, -0.2) is 0 Å². The zero-order valence-corrected chi connectivity index (χ0v) is 14.2. The van der Waals surface area contributed by atoms with Gasteiger partial charge >= 0.3 is 0 Å². The first-order valence-corrected chi connectivity index (χ1v) is 7.62. The van der Waals surface area contributed by atoms with Crippen LogP contribution < -0.4 is 11.1 Å². The number of halogens is 1. The van der Waals surface area contributed by atoms with E-state index in [1.54, 1.807) is 11.9 Å². The Morgan fingerprint density at radius 2 is 1.90 bits per heavy atom. The van der Waals surface area contributed by atoms with Crippen LogP contribution in [-0.4, -0.2) is 36.3 Å². The van der Waals surface area contributed by atoms with E-state index in [1.807, 2.05) is 31.2 Å². The Morgan fingerprint density at radius 3 is 2.38 bits per heavy atom. The average molecular weight is 356 g/mol. The van der Waals surface area contributed by atoms with Crippen LogP contribution in [0.1, 0.15) is 31.9 Å². The highest BCUT2D eigenvalue weighted by Crippen LogP contribution is 2.21.